The third kappa shape index (κ3) is 6.66. The molecule has 2 aliphatic rings. The zero-order valence-electron chi connectivity index (χ0n) is 25.3. The predicted molar refractivity (Wildman–Crippen MR) is 186 cm³/mol. The molecule has 0 aromatic heterocycles. The van der Waals surface area contributed by atoms with Gasteiger partial charge < -0.3 is 28.7 Å². The highest BCUT2D eigenvalue weighted by molar-refractivity contribution is 8.24. The Hall–Kier alpha value is -3.83. The highest BCUT2D eigenvalue weighted by Crippen LogP contribution is 2.52. The molecule has 3 atom stereocenters. The van der Waals surface area contributed by atoms with Gasteiger partial charge in [-0.1, -0.05) is 49.4 Å². The molecular formula is C33H31N3O6S4. The fourth-order valence-corrected chi connectivity index (χ4v) is 8.50. The molecular weight excluding hydrogens is 663 g/mol. The van der Waals surface area contributed by atoms with Crippen LogP contribution in [-0.4, -0.2) is 54.0 Å². The number of ether oxygens (including phenoxy) is 4. The molecule has 0 bridgehead atoms. The van der Waals surface area contributed by atoms with Crippen LogP contribution in [0.2, 0.25) is 0 Å². The number of benzene rings is 3. The minimum Gasteiger partial charge on any atom is -0.454 e. The molecule has 46 heavy (non-hydrogen) atoms. The highest BCUT2D eigenvalue weighted by Gasteiger charge is 2.63. The number of nitrogens with zero attached hydrogens (tertiary/aromatic N) is 3. The Labute approximate surface area is 287 Å². The maximum Gasteiger partial charge on any atom is 0.261 e. The van der Waals surface area contributed by atoms with Crippen molar-refractivity contribution in [3.8, 4) is 29.1 Å². The SMILES string of the molecule is CCC(c1ccc2c(c1)OCO2)N1C(=O)[C@](C)(SC(=S)Oc2ccccc2)N(C)C(=O)[C@]1(CCC#N)SC(=S)Oc1ccccc1. The van der Waals surface area contributed by atoms with E-state index in [0.717, 1.165) is 29.1 Å². The van der Waals surface area contributed by atoms with E-state index in [2.05, 4.69) is 6.07 Å². The van der Waals surface area contributed by atoms with Gasteiger partial charge in [0.15, 0.2) is 21.2 Å². The predicted octanol–water partition coefficient (Wildman–Crippen LogP) is 7.08. The number of amides is 2. The van der Waals surface area contributed by atoms with Crippen LogP contribution in [0.25, 0.3) is 0 Å². The number of carbonyl (C=O) groups excluding carboxylic acids is 2. The average molecular weight is 694 g/mol. The van der Waals surface area contributed by atoms with Crippen LogP contribution < -0.4 is 18.9 Å². The molecule has 9 nitrogen and oxygen atoms in total. The second-order valence-electron chi connectivity index (χ2n) is 10.5. The van der Waals surface area contributed by atoms with E-state index in [1.54, 1.807) is 61.3 Å². The van der Waals surface area contributed by atoms with Gasteiger partial charge in [0.05, 0.1) is 12.1 Å². The number of likely N-dealkylation sites (N-methyl/N-ethyl adjacent to an activating group) is 1. The lowest BCUT2D eigenvalue weighted by Gasteiger charge is -2.56. The Balaban J connectivity index is 1.60. The second-order valence-corrected chi connectivity index (χ2v) is 14.4. The van der Waals surface area contributed by atoms with Crippen molar-refractivity contribution in [1.82, 2.24) is 9.80 Å². The van der Waals surface area contributed by atoms with Gasteiger partial charge in [0.2, 0.25) is 15.6 Å². The summed E-state index contributed by atoms with van der Waals surface area (Å²) in [5, 5.41) is 9.75. The van der Waals surface area contributed by atoms with E-state index in [1.807, 2.05) is 43.3 Å². The third-order valence-electron chi connectivity index (χ3n) is 7.76. The van der Waals surface area contributed by atoms with Gasteiger partial charge in [0.25, 0.3) is 11.8 Å². The van der Waals surface area contributed by atoms with Gasteiger partial charge in [0, 0.05) is 19.9 Å². The summed E-state index contributed by atoms with van der Waals surface area (Å²) < 4.78 is 23.1. The number of carbonyl (C=O) groups is 2. The maximum atomic E-state index is 15.1. The lowest BCUT2D eigenvalue weighted by molar-refractivity contribution is -0.167. The van der Waals surface area contributed by atoms with Crippen molar-refractivity contribution in [1.29, 1.82) is 5.26 Å². The Morgan fingerprint density at radius 1 is 0.935 bits per heavy atom. The van der Waals surface area contributed by atoms with Crippen LogP contribution >= 0.6 is 48.0 Å². The smallest absolute Gasteiger partial charge is 0.261 e. The van der Waals surface area contributed by atoms with Gasteiger partial charge in [0.1, 0.15) is 11.5 Å². The average Bonchev–Trinajstić information content (AvgIpc) is 3.53. The Morgan fingerprint density at radius 2 is 1.52 bits per heavy atom. The van der Waals surface area contributed by atoms with Gasteiger partial charge in [-0.25, -0.2) is 0 Å². The number of thioether (sulfide) groups is 2. The molecule has 1 fully saturated rings. The first-order valence-corrected chi connectivity index (χ1v) is 16.9. The number of para-hydroxylation sites is 2. The van der Waals surface area contributed by atoms with Crippen molar-refractivity contribution in [2.75, 3.05) is 13.8 Å². The van der Waals surface area contributed by atoms with Crippen molar-refractivity contribution in [2.24, 2.45) is 0 Å². The van der Waals surface area contributed by atoms with Crippen LogP contribution in [0.3, 0.4) is 0 Å². The van der Waals surface area contributed by atoms with E-state index in [1.165, 1.54) is 4.90 Å². The quantitative estimate of drug-likeness (QED) is 0.215. The molecule has 2 aliphatic heterocycles. The van der Waals surface area contributed by atoms with Crippen LogP contribution in [0.1, 0.15) is 44.7 Å². The van der Waals surface area contributed by atoms with Gasteiger partial charge in [-0.3, -0.25) is 9.59 Å². The summed E-state index contributed by atoms with van der Waals surface area (Å²) in [6.07, 6.45) is 0.394. The van der Waals surface area contributed by atoms with Gasteiger partial charge in [-0.05, 0) is 103 Å². The van der Waals surface area contributed by atoms with Gasteiger partial charge in [-0.2, -0.15) is 5.26 Å². The monoisotopic (exact) mass is 693 g/mol. The van der Waals surface area contributed by atoms with Crippen LogP contribution in [0.15, 0.2) is 78.9 Å². The molecule has 238 valence electrons. The van der Waals surface area contributed by atoms with Gasteiger partial charge >= 0.3 is 0 Å². The number of nitriles is 1. The normalized spacial score (nSPS) is 21.0. The van der Waals surface area contributed by atoms with Gasteiger partial charge in [-0.15, -0.1) is 0 Å². The lowest BCUT2D eigenvalue weighted by Crippen LogP contribution is -2.73. The van der Waals surface area contributed by atoms with Crippen LogP contribution in [-0.2, 0) is 9.59 Å². The summed E-state index contributed by atoms with van der Waals surface area (Å²) in [5.74, 6) is 1.28. The van der Waals surface area contributed by atoms with Crippen molar-refractivity contribution >= 4 is 68.5 Å². The Bertz CT molecular complexity index is 1670. The molecule has 0 aliphatic carbocycles. The van der Waals surface area contributed by atoms with E-state index in [9.17, 15) is 10.1 Å². The minimum absolute atomic E-state index is 0.00582. The van der Waals surface area contributed by atoms with E-state index in [0.29, 0.717) is 29.4 Å². The summed E-state index contributed by atoms with van der Waals surface area (Å²) in [7, 11) is 1.56. The molecule has 0 spiro atoms. The molecule has 1 saturated heterocycles. The number of rotatable bonds is 9. The van der Waals surface area contributed by atoms with E-state index in [4.69, 9.17) is 43.4 Å². The number of piperazine rings is 1. The van der Waals surface area contributed by atoms with Crippen molar-refractivity contribution < 1.29 is 28.5 Å². The third-order valence-corrected chi connectivity index (χ3v) is 10.7. The molecule has 3 aromatic carbocycles. The topological polar surface area (TPSA) is 101 Å². The fraction of sp³-hybridized carbons (Fsp3) is 0.303. The van der Waals surface area contributed by atoms with Crippen LogP contribution in [0.4, 0.5) is 0 Å². The first kappa shape index (κ1) is 33.5. The number of fused-ring (bicyclic) bond motifs is 1. The molecule has 2 amide bonds. The Kier molecular flexibility index (Phi) is 10.4. The number of hydrogen-bond donors (Lipinski definition) is 0. The molecule has 13 heteroatoms. The summed E-state index contributed by atoms with van der Waals surface area (Å²) in [4.78, 5) is 29.7. The molecule has 5 rings (SSSR count). The zero-order valence-corrected chi connectivity index (χ0v) is 28.6. The largest absolute Gasteiger partial charge is 0.454 e. The second kappa shape index (κ2) is 14.3. The molecule has 0 radical (unpaired) electrons. The standard InChI is InChI=1S/C33H31N3O6S4/c1-4-25(22-16-17-26-27(20-22)40-21-39-26)36-28(37)32(2,45-30(43)41-23-12-7-5-8-13-23)35(3)29(38)33(36,18-11-19-34)46-31(44)42-24-14-9-6-10-15-24/h5-10,12-17,20,25H,4,11,18,21H2,1-3H3/t25?,32-,33-/m0/s1. The van der Waals surface area contributed by atoms with Crippen LogP contribution in [0.5, 0.6) is 23.0 Å². The number of thiocarbonyl (C=S) groups is 2. The van der Waals surface area contributed by atoms with E-state index < -0.39 is 27.6 Å². The van der Waals surface area contributed by atoms with E-state index in [-0.39, 0.29) is 28.4 Å². The maximum absolute atomic E-state index is 15.1. The van der Waals surface area contributed by atoms with Crippen molar-refractivity contribution in [2.45, 2.75) is 48.9 Å². The summed E-state index contributed by atoms with van der Waals surface area (Å²) >= 11 is 13.2. The minimum atomic E-state index is -1.63. The van der Waals surface area contributed by atoms with Crippen molar-refractivity contribution in [3.63, 3.8) is 0 Å². The van der Waals surface area contributed by atoms with E-state index >= 15 is 4.79 Å². The molecule has 1 unspecified atom stereocenters. The summed E-state index contributed by atoms with van der Waals surface area (Å²) in [5.41, 5.74) is 0.727. The number of hydrogen-bond acceptors (Lipinski definition) is 11. The molecule has 0 saturated carbocycles. The molecule has 2 heterocycles. The summed E-state index contributed by atoms with van der Waals surface area (Å²) in [6.45, 7) is 3.66. The lowest BCUT2D eigenvalue weighted by atomic mass is 9.93. The molecule has 3 aromatic rings. The molecule has 0 N–H and O–H groups in total. The van der Waals surface area contributed by atoms with Crippen LogP contribution in [0, 0.1) is 11.3 Å². The highest BCUT2D eigenvalue weighted by atomic mass is 32.2. The summed E-state index contributed by atoms with van der Waals surface area (Å²) in [6, 6.07) is 24.9. The first-order valence-electron chi connectivity index (χ1n) is 14.4. The zero-order chi connectivity index (χ0) is 32.9. The Morgan fingerprint density at radius 3 is 2.11 bits per heavy atom. The van der Waals surface area contributed by atoms with Crippen molar-refractivity contribution in [3.05, 3.63) is 84.4 Å². The fourth-order valence-electron chi connectivity index (χ4n) is 5.39. The first-order chi connectivity index (χ1) is 22.1.